The molecule has 0 radical (unpaired) electrons. The highest BCUT2D eigenvalue weighted by molar-refractivity contribution is 5.32. The number of pyridine rings is 1. The van der Waals surface area contributed by atoms with Crippen LogP contribution in [0.5, 0.6) is 0 Å². The van der Waals surface area contributed by atoms with Crippen molar-refractivity contribution in [1.82, 2.24) is 9.55 Å². The summed E-state index contributed by atoms with van der Waals surface area (Å²) in [4.78, 5) is 4.40. The van der Waals surface area contributed by atoms with Crippen LogP contribution in [0.1, 0.15) is 41.5 Å². The predicted molar refractivity (Wildman–Crippen MR) is 77.0 cm³/mol. The van der Waals surface area contributed by atoms with Crippen molar-refractivity contribution in [2.24, 2.45) is 5.73 Å². The van der Waals surface area contributed by atoms with Crippen LogP contribution in [-0.2, 0) is 19.4 Å². The minimum atomic E-state index is 0.235. The molecule has 1 unspecified atom stereocenters. The van der Waals surface area contributed by atoms with Gasteiger partial charge in [0.15, 0.2) is 0 Å². The number of aryl methyl sites for hydroxylation is 2. The van der Waals surface area contributed by atoms with Gasteiger partial charge < -0.3 is 10.3 Å². The normalized spacial score (nSPS) is 18.3. The lowest BCUT2D eigenvalue weighted by Crippen LogP contribution is -2.18. The molecule has 3 rings (SSSR count). The van der Waals surface area contributed by atoms with Crippen molar-refractivity contribution in [2.45, 2.75) is 45.2 Å². The first-order valence-electron chi connectivity index (χ1n) is 7.10. The summed E-state index contributed by atoms with van der Waals surface area (Å²) in [5.41, 5.74) is 11.5. The van der Waals surface area contributed by atoms with Crippen LogP contribution in [0, 0.1) is 6.92 Å². The summed E-state index contributed by atoms with van der Waals surface area (Å²) in [6.07, 6.45) is 6.35. The van der Waals surface area contributed by atoms with Gasteiger partial charge in [-0.25, -0.2) is 0 Å². The van der Waals surface area contributed by atoms with Crippen LogP contribution < -0.4 is 5.73 Å². The van der Waals surface area contributed by atoms with E-state index in [1.54, 1.807) is 0 Å². The molecule has 0 spiro atoms. The van der Waals surface area contributed by atoms with Crippen molar-refractivity contribution >= 4 is 0 Å². The molecule has 0 fully saturated rings. The van der Waals surface area contributed by atoms with E-state index >= 15 is 0 Å². The highest BCUT2D eigenvalue weighted by Crippen LogP contribution is 2.30. The van der Waals surface area contributed by atoms with Crippen LogP contribution >= 0.6 is 0 Å². The molecule has 0 aromatic carbocycles. The average Bonchev–Trinajstić information content (AvgIpc) is 2.75. The fraction of sp³-hybridized carbons (Fsp3) is 0.438. The zero-order chi connectivity index (χ0) is 13.2. The molecule has 1 atom stereocenters. The van der Waals surface area contributed by atoms with E-state index in [4.69, 9.17) is 5.73 Å². The topological polar surface area (TPSA) is 43.8 Å². The molecule has 2 heterocycles. The van der Waals surface area contributed by atoms with Crippen molar-refractivity contribution in [3.8, 4) is 0 Å². The molecule has 1 aliphatic rings. The molecular weight excluding hydrogens is 234 g/mol. The standard InChI is InChI=1S/C16H21N3/c1-12-11-14-15(17)6-4-7-16(14)19(12)10-8-13-5-2-3-9-18-13/h2-3,5,9,11,15H,4,6-8,10,17H2,1H3. The summed E-state index contributed by atoms with van der Waals surface area (Å²) >= 11 is 0. The monoisotopic (exact) mass is 255 g/mol. The Morgan fingerprint density at radius 1 is 1.42 bits per heavy atom. The minimum Gasteiger partial charge on any atom is -0.348 e. The number of aromatic nitrogens is 2. The largest absolute Gasteiger partial charge is 0.348 e. The van der Waals surface area contributed by atoms with E-state index in [9.17, 15) is 0 Å². The van der Waals surface area contributed by atoms with Gasteiger partial charge in [0.25, 0.3) is 0 Å². The maximum atomic E-state index is 6.21. The van der Waals surface area contributed by atoms with Crippen LogP contribution in [0.4, 0.5) is 0 Å². The smallest absolute Gasteiger partial charge is 0.0421 e. The summed E-state index contributed by atoms with van der Waals surface area (Å²) in [7, 11) is 0. The van der Waals surface area contributed by atoms with Crippen LogP contribution in [0.3, 0.4) is 0 Å². The van der Waals surface area contributed by atoms with Crippen molar-refractivity contribution < 1.29 is 0 Å². The van der Waals surface area contributed by atoms with E-state index in [1.165, 1.54) is 29.8 Å². The maximum Gasteiger partial charge on any atom is 0.0421 e. The molecule has 3 nitrogen and oxygen atoms in total. The third-order valence-corrected chi connectivity index (χ3v) is 4.10. The first-order valence-corrected chi connectivity index (χ1v) is 7.10. The SMILES string of the molecule is Cc1cc2c(n1CCc1ccccn1)CCCC2N. The van der Waals surface area contributed by atoms with Gasteiger partial charge in [-0.2, -0.15) is 0 Å². The Bertz CT molecular complexity index is 557. The Morgan fingerprint density at radius 3 is 3.11 bits per heavy atom. The first kappa shape index (κ1) is 12.4. The van der Waals surface area contributed by atoms with Crippen molar-refractivity contribution in [3.63, 3.8) is 0 Å². The van der Waals surface area contributed by atoms with Gasteiger partial charge in [0.1, 0.15) is 0 Å². The summed E-state index contributed by atoms with van der Waals surface area (Å²) < 4.78 is 2.43. The quantitative estimate of drug-likeness (QED) is 0.916. The minimum absolute atomic E-state index is 0.235. The summed E-state index contributed by atoms with van der Waals surface area (Å²) in [6.45, 7) is 3.19. The molecule has 0 bridgehead atoms. The number of fused-ring (bicyclic) bond motifs is 1. The number of hydrogen-bond acceptors (Lipinski definition) is 2. The highest BCUT2D eigenvalue weighted by Gasteiger charge is 2.21. The van der Waals surface area contributed by atoms with E-state index in [-0.39, 0.29) is 6.04 Å². The van der Waals surface area contributed by atoms with E-state index in [0.29, 0.717) is 0 Å². The van der Waals surface area contributed by atoms with Gasteiger partial charge in [-0.1, -0.05) is 6.07 Å². The molecule has 0 saturated heterocycles. The van der Waals surface area contributed by atoms with E-state index < -0.39 is 0 Å². The average molecular weight is 255 g/mol. The molecule has 0 amide bonds. The van der Waals surface area contributed by atoms with Crippen LogP contribution in [0.15, 0.2) is 30.5 Å². The fourth-order valence-electron chi connectivity index (χ4n) is 3.08. The van der Waals surface area contributed by atoms with Gasteiger partial charge in [0.05, 0.1) is 0 Å². The Kier molecular flexibility index (Phi) is 3.38. The summed E-state index contributed by atoms with van der Waals surface area (Å²) in [5, 5.41) is 0. The number of hydrogen-bond donors (Lipinski definition) is 1. The Hall–Kier alpha value is -1.61. The molecule has 2 aromatic rings. The van der Waals surface area contributed by atoms with E-state index in [2.05, 4.69) is 34.7 Å². The van der Waals surface area contributed by atoms with Crippen LogP contribution in [0.25, 0.3) is 0 Å². The Labute approximate surface area is 114 Å². The highest BCUT2D eigenvalue weighted by atomic mass is 15.0. The van der Waals surface area contributed by atoms with Gasteiger partial charge in [-0.05, 0) is 49.9 Å². The predicted octanol–water partition coefficient (Wildman–Crippen LogP) is 2.77. The Balaban J connectivity index is 1.81. The third-order valence-electron chi connectivity index (χ3n) is 4.10. The molecule has 2 aromatic heterocycles. The van der Waals surface area contributed by atoms with Gasteiger partial charge in [-0.15, -0.1) is 0 Å². The van der Waals surface area contributed by atoms with Gasteiger partial charge >= 0.3 is 0 Å². The molecular formula is C16H21N3. The fourth-order valence-corrected chi connectivity index (χ4v) is 3.08. The van der Waals surface area contributed by atoms with Gasteiger partial charge in [0, 0.05) is 42.3 Å². The zero-order valence-corrected chi connectivity index (χ0v) is 11.5. The second-order valence-corrected chi connectivity index (χ2v) is 5.41. The Morgan fingerprint density at radius 2 is 2.32 bits per heavy atom. The van der Waals surface area contributed by atoms with Crippen LogP contribution in [0.2, 0.25) is 0 Å². The lowest BCUT2D eigenvalue weighted by Gasteiger charge is -2.21. The molecule has 1 aliphatic carbocycles. The number of nitrogens with two attached hydrogens (primary N) is 1. The van der Waals surface area contributed by atoms with Crippen molar-refractivity contribution in [1.29, 1.82) is 0 Å². The zero-order valence-electron chi connectivity index (χ0n) is 11.5. The molecule has 0 saturated carbocycles. The number of nitrogens with zero attached hydrogens (tertiary/aromatic N) is 2. The number of rotatable bonds is 3. The second kappa shape index (κ2) is 5.17. The van der Waals surface area contributed by atoms with Crippen molar-refractivity contribution in [2.75, 3.05) is 0 Å². The molecule has 100 valence electrons. The molecule has 2 N–H and O–H groups in total. The van der Waals surface area contributed by atoms with E-state index in [1.807, 2.05) is 12.3 Å². The maximum absolute atomic E-state index is 6.21. The summed E-state index contributed by atoms with van der Waals surface area (Å²) in [5.74, 6) is 0. The third kappa shape index (κ3) is 2.43. The van der Waals surface area contributed by atoms with Gasteiger partial charge in [0.2, 0.25) is 0 Å². The molecule has 19 heavy (non-hydrogen) atoms. The molecule has 3 heteroatoms. The first-order chi connectivity index (χ1) is 9.25. The molecule has 0 aliphatic heterocycles. The lowest BCUT2D eigenvalue weighted by molar-refractivity contribution is 0.535. The van der Waals surface area contributed by atoms with Crippen molar-refractivity contribution in [3.05, 3.63) is 53.1 Å². The van der Waals surface area contributed by atoms with E-state index in [0.717, 1.165) is 25.1 Å². The van der Waals surface area contributed by atoms with Gasteiger partial charge in [-0.3, -0.25) is 4.98 Å². The lowest BCUT2D eigenvalue weighted by atomic mass is 9.93. The second-order valence-electron chi connectivity index (χ2n) is 5.41. The van der Waals surface area contributed by atoms with Crippen LogP contribution in [-0.4, -0.2) is 9.55 Å². The summed E-state index contributed by atoms with van der Waals surface area (Å²) in [6, 6.07) is 8.62.